The van der Waals surface area contributed by atoms with Crippen molar-refractivity contribution in [3.63, 3.8) is 0 Å². The number of rotatable bonds is 5. The molecule has 2 aliphatic carbocycles. The summed E-state index contributed by atoms with van der Waals surface area (Å²) in [6.45, 7) is 2.38. The summed E-state index contributed by atoms with van der Waals surface area (Å²) < 4.78 is 7.21. The molecule has 0 fully saturated rings. The molecule has 0 saturated carbocycles. The van der Waals surface area contributed by atoms with E-state index in [9.17, 15) is 0 Å². The Morgan fingerprint density at radius 3 is 1.55 bits per heavy atom. The van der Waals surface area contributed by atoms with Gasteiger partial charge in [-0.2, -0.15) is 0 Å². The Morgan fingerprint density at radius 1 is 0.343 bits per heavy atom. The molecule has 0 bridgehead atoms. The van der Waals surface area contributed by atoms with Gasteiger partial charge in [0.05, 0.1) is 5.41 Å². The van der Waals surface area contributed by atoms with Crippen LogP contribution in [0.15, 0.2) is 243 Å². The molecule has 2 heteroatoms. The minimum atomic E-state index is -0.605. The summed E-state index contributed by atoms with van der Waals surface area (Å²) in [7, 11) is 0. The van der Waals surface area contributed by atoms with Gasteiger partial charge < -0.3 is 9.64 Å². The topological polar surface area (TPSA) is 12.5 Å². The van der Waals surface area contributed by atoms with Crippen molar-refractivity contribution in [2.75, 3.05) is 4.90 Å². The van der Waals surface area contributed by atoms with E-state index in [4.69, 9.17) is 4.74 Å². The maximum absolute atomic E-state index is 7.21. The van der Waals surface area contributed by atoms with Crippen molar-refractivity contribution in [1.29, 1.82) is 0 Å². The zero-order valence-corrected chi connectivity index (χ0v) is 36.9. The lowest BCUT2D eigenvalue weighted by atomic mass is 9.65. The summed E-state index contributed by atoms with van der Waals surface area (Å²) >= 11 is 0. The van der Waals surface area contributed by atoms with Gasteiger partial charge >= 0.3 is 0 Å². The summed E-state index contributed by atoms with van der Waals surface area (Å²) in [6, 6.07) is 89.4. The van der Waals surface area contributed by atoms with Crippen molar-refractivity contribution in [3.05, 3.63) is 282 Å². The molecular formula is C65H43NO. The number of benzene rings is 11. The fraction of sp³-hybridized carbons (Fsp3) is 0.0462. The molecule has 11 aromatic carbocycles. The maximum atomic E-state index is 7.21. The molecule has 1 heterocycles. The van der Waals surface area contributed by atoms with Gasteiger partial charge in [0.15, 0.2) is 0 Å². The molecule has 0 N–H and O–H groups in total. The first-order chi connectivity index (χ1) is 33.1. The van der Waals surface area contributed by atoms with Gasteiger partial charge in [-0.1, -0.05) is 206 Å². The molecule has 1 spiro atoms. The van der Waals surface area contributed by atoms with E-state index in [1.54, 1.807) is 0 Å². The highest BCUT2D eigenvalue weighted by atomic mass is 16.5. The first-order valence-electron chi connectivity index (χ1n) is 23.3. The normalized spacial score (nSPS) is 15.5. The molecule has 0 radical (unpaired) electrons. The lowest BCUT2D eigenvalue weighted by molar-refractivity contribution is 0.447. The monoisotopic (exact) mass is 853 g/mol. The molecule has 14 rings (SSSR count). The van der Waals surface area contributed by atoms with Gasteiger partial charge in [-0.25, -0.2) is 0 Å². The van der Waals surface area contributed by atoms with Gasteiger partial charge in [0.25, 0.3) is 0 Å². The summed E-state index contributed by atoms with van der Waals surface area (Å²) in [4.78, 5) is 2.40. The molecule has 314 valence electrons. The third-order valence-corrected chi connectivity index (χ3v) is 15.2. The Labute approximate surface area is 390 Å². The molecular weight excluding hydrogens is 811 g/mol. The second-order valence-corrected chi connectivity index (χ2v) is 18.4. The van der Waals surface area contributed by atoms with Crippen LogP contribution in [-0.2, 0) is 10.8 Å². The highest BCUT2D eigenvalue weighted by molar-refractivity contribution is 6.02. The number of fused-ring (bicyclic) bond motifs is 16. The average Bonchev–Trinajstić information content (AvgIpc) is 3.84. The quantitative estimate of drug-likeness (QED) is 0.171. The Balaban J connectivity index is 0.941. The minimum Gasteiger partial charge on any atom is -0.455 e. The van der Waals surface area contributed by atoms with Crippen molar-refractivity contribution < 1.29 is 4.74 Å². The van der Waals surface area contributed by atoms with Gasteiger partial charge in [0.1, 0.15) is 11.5 Å². The first-order valence-corrected chi connectivity index (χ1v) is 23.3. The van der Waals surface area contributed by atoms with Crippen LogP contribution >= 0.6 is 0 Å². The number of anilines is 3. The van der Waals surface area contributed by atoms with Crippen molar-refractivity contribution in [2.45, 2.75) is 17.8 Å². The Hall–Kier alpha value is -8.46. The third-order valence-electron chi connectivity index (χ3n) is 15.2. The lowest BCUT2D eigenvalue weighted by Gasteiger charge is -2.40. The van der Waals surface area contributed by atoms with Crippen LogP contribution in [0, 0.1) is 0 Å². The molecule has 0 amide bonds. The van der Waals surface area contributed by atoms with Crippen molar-refractivity contribution >= 4 is 38.6 Å². The summed E-state index contributed by atoms with van der Waals surface area (Å²) in [6.07, 6.45) is 0. The molecule has 0 saturated heterocycles. The largest absolute Gasteiger partial charge is 0.455 e. The van der Waals surface area contributed by atoms with E-state index in [0.717, 1.165) is 39.3 Å². The molecule has 3 aliphatic rings. The molecule has 1 unspecified atom stereocenters. The van der Waals surface area contributed by atoms with E-state index in [0.29, 0.717) is 0 Å². The standard InChI is InChI=1S/C65H43NO/c1-64(45-19-4-2-5-20-45)55-28-14-12-25-52(55)54-41-48(37-40-56(54)64)66(46-21-6-3-7-22-46)47-35-31-44(32-36-47)49-27-16-30-58-61(49)53-26-13-15-29-57(53)65(58)59-38-33-42-17-8-10-23-50(42)62(59)67-63-51-24-11-9-18-43(51)34-39-60(63)65/h2-41H,1H3. The van der Waals surface area contributed by atoms with Crippen LogP contribution in [0.25, 0.3) is 54.9 Å². The van der Waals surface area contributed by atoms with Gasteiger partial charge in [-0.05, 0) is 115 Å². The van der Waals surface area contributed by atoms with E-state index in [-0.39, 0.29) is 5.41 Å². The van der Waals surface area contributed by atoms with E-state index >= 15 is 0 Å². The van der Waals surface area contributed by atoms with E-state index in [1.165, 1.54) is 83.1 Å². The lowest BCUT2D eigenvalue weighted by Crippen LogP contribution is -2.32. The maximum Gasteiger partial charge on any atom is 0.140 e. The van der Waals surface area contributed by atoms with Crippen LogP contribution in [-0.4, -0.2) is 0 Å². The second kappa shape index (κ2) is 14.3. The van der Waals surface area contributed by atoms with Crippen LogP contribution < -0.4 is 9.64 Å². The fourth-order valence-electron chi connectivity index (χ4n) is 12.2. The Bertz CT molecular complexity index is 3710. The van der Waals surface area contributed by atoms with Gasteiger partial charge in [0.2, 0.25) is 0 Å². The third kappa shape index (κ3) is 5.21. The second-order valence-electron chi connectivity index (χ2n) is 18.4. The number of ether oxygens (including phenoxy) is 1. The summed E-state index contributed by atoms with van der Waals surface area (Å²) in [5.41, 5.74) is 18.8. The number of para-hydroxylation sites is 1. The van der Waals surface area contributed by atoms with E-state index < -0.39 is 5.41 Å². The number of nitrogens with zero attached hydrogens (tertiary/aromatic N) is 1. The van der Waals surface area contributed by atoms with Gasteiger partial charge in [-0.3, -0.25) is 0 Å². The number of hydrogen-bond acceptors (Lipinski definition) is 2. The Kier molecular flexibility index (Phi) is 8.06. The minimum absolute atomic E-state index is 0.255. The van der Waals surface area contributed by atoms with Crippen LogP contribution in [0.3, 0.4) is 0 Å². The molecule has 67 heavy (non-hydrogen) atoms. The Morgan fingerprint density at radius 2 is 0.851 bits per heavy atom. The van der Waals surface area contributed by atoms with Crippen molar-refractivity contribution in [2.24, 2.45) is 0 Å². The molecule has 2 nitrogen and oxygen atoms in total. The molecule has 0 aromatic heterocycles. The van der Waals surface area contributed by atoms with Crippen LogP contribution in [0.4, 0.5) is 17.1 Å². The SMILES string of the molecule is CC1(c2ccccc2)c2ccccc2-c2cc(N(c3ccccc3)c3ccc(-c4cccc5c4-c4ccccc4C54c5ccc6ccccc6c5Oc5c4ccc4ccccc54)cc3)ccc21. The predicted molar refractivity (Wildman–Crippen MR) is 276 cm³/mol. The van der Waals surface area contributed by atoms with Gasteiger partial charge in [-0.15, -0.1) is 0 Å². The first kappa shape index (κ1) is 37.9. The van der Waals surface area contributed by atoms with Crippen LogP contribution in [0.2, 0.25) is 0 Å². The van der Waals surface area contributed by atoms with Crippen LogP contribution in [0.5, 0.6) is 11.5 Å². The zero-order valence-electron chi connectivity index (χ0n) is 36.9. The van der Waals surface area contributed by atoms with E-state index in [1.807, 2.05) is 0 Å². The summed E-state index contributed by atoms with van der Waals surface area (Å²) in [5, 5.41) is 4.58. The fourth-order valence-corrected chi connectivity index (χ4v) is 12.2. The highest BCUT2D eigenvalue weighted by Crippen LogP contribution is 2.65. The predicted octanol–water partition coefficient (Wildman–Crippen LogP) is 16.9. The van der Waals surface area contributed by atoms with Gasteiger partial charge in [0, 0.05) is 44.4 Å². The van der Waals surface area contributed by atoms with Crippen molar-refractivity contribution in [3.8, 4) is 44.9 Å². The van der Waals surface area contributed by atoms with E-state index in [2.05, 4.69) is 254 Å². The highest BCUT2D eigenvalue weighted by Gasteiger charge is 2.52. The van der Waals surface area contributed by atoms with Crippen LogP contribution in [0.1, 0.15) is 45.9 Å². The van der Waals surface area contributed by atoms with Crippen molar-refractivity contribution in [1.82, 2.24) is 0 Å². The molecule has 1 atom stereocenters. The smallest absolute Gasteiger partial charge is 0.140 e. The molecule has 11 aromatic rings. The molecule has 1 aliphatic heterocycles. The average molecular weight is 854 g/mol. The zero-order chi connectivity index (χ0) is 44.3. The number of hydrogen-bond donors (Lipinski definition) is 0. The summed E-state index contributed by atoms with van der Waals surface area (Å²) in [5.74, 6) is 1.86.